The third kappa shape index (κ3) is 6.95. The molecule has 39 heavy (non-hydrogen) atoms. The number of ether oxygens (including phenoxy) is 2. The summed E-state index contributed by atoms with van der Waals surface area (Å²) in [5, 5.41) is 44.3. The molecule has 0 aromatic heterocycles. The third-order valence-electron chi connectivity index (χ3n) is 5.18. The number of nitrogens with one attached hydrogen (secondary N) is 1. The van der Waals surface area contributed by atoms with Crippen molar-refractivity contribution >= 4 is 29.0 Å². The standard InChI is InChI=1S/C27H22N4O8/c1-3-5-18-12-17(13-19(16-28)27(33)29-20-6-9-22(32)10-7-20)14-25(38-4-2)26(18)39-24-11-8-21(30(34)35)15-23(24)31(36)37/h3,6-15,32H,1,4-5H2,2H3,(H,29,33)/b19-13+. The van der Waals surface area contributed by atoms with E-state index < -0.39 is 27.1 Å². The summed E-state index contributed by atoms with van der Waals surface area (Å²) in [5.41, 5.74) is -0.0767. The number of benzene rings is 3. The molecule has 0 saturated carbocycles. The van der Waals surface area contributed by atoms with Gasteiger partial charge < -0.3 is 19.9 Å². The highest BCUT2D eigenvalue weighted by molar-refractivity contribution is 6.09. The Balaban J connectivity index is 2.05. The van der Waals surface area contributed by atoms with E-state index in [1.807, 2.05) is 6.07 Å². The van der Waals surface area contributed by atoms with E-state index >= 15 is 0 Å². The Morgan fingerprint density at radius 2 is 1.82 bits per heavy atom. The lowest BCUT2D eigenvalue weighted by molar-refractivity contribution is -0.394. The number of rotatable bonds is 11. The van der Waals surface area contributed by atoms with E-state index in [4.69, 9.17) is 9.47 Å². The van der Waals surface area contributed by atoms with Crippen LogP contribution in [0.4, 0.5) is 17.1 Å². The minimum atomic E-state index is -0.793. The number of aromatic hydroxyl groups is 1. The number of phenols is 1. The minimum Gasteiger partial charge on any atom is -0.508 e. The fourth-order valence-corrected chi connectivity index (χ4v) is 3.47. The van der Waals surface area contributed by atoms with Gasteiger partial charge in [-0.1, -0.05) is 6.08 Å². The van der Waals surface area contributed by atoms with Crippen LogP contribution in [0.25, 0.3) is 6.08 Å². The molecule has 0 spiro atoms. The van der Waals surface area contributed by atoms with Crippen LogP contribution >= 0.6 is 0 Å². The highest BCUT2D eigenvalue weighted by atomic mass is 16.6. The van der Waals surface area contributed by atoms with Crippen molar-refractivity contribution in [1.82, 2.24) is 0 Å². The van der Waals surface area contributed by atoms with Crippen LogP contribution in [-0.4, -0.2) is 27.5 Å². The molecule has 0 fully saturated rings. The van der Waals surface area contributed by atoms with Crippen LogP contribution in [0.5, 0.6) is 23.0 Å². The quantitative estimate of drug-likeness (QED) is 0.0788. The molecule has 198 valence electrons. The van der Waals surface area contributed by atoms with E-state index in [-0.39, 0.29) is 41.6 Å². The Morgan fingerprint density at radius 3 is 2.41 bits per heavy atom. The second-order valence-electron chi connectivity index (χ2n) is 7.87. The second kappa shape index (κ2) is 12.5. The SMILES string of the molecule is C=CCc1cc(/C=C(\C#N)C(=O)Nc2ccc(O)cc2)cc(OCC)c1Oc1ccc([N+](=O)[O-])cc1[N+](=O)[O-]. The molecule has 0 saturated heterocycles. The van der Waals surface area contributed by atoms with Crippen molar-refractivity contribution in [1.29, 1.82) is 5.26 Å². The topological polar surface area (TPSA) is 178 Å². The number of nitriles is 1. The lowest BCUT2D eigenvalue weighted by Crippen LogP contribution is -2.13. The van der Waals surface area contributed by atoms with Gasteiger partial charge in [-0.05, 0) is 67.4 Å². The van der Waals surface area contributed by atoms with Crippen LogP contribution in [-0.2, 0) is 11.2 Å². The summed E-state index contributed by atoms with van der Waals surface area (Å²) < 4.78 is 11.6. The lowest BCUT2D eigenvalue weighted by Gasteiger charge is -2.16. The molecular formula is C27H22N4O8. The van der Waals surface area contributed by atoms with Crippen molar-refractivity contribution in [2.24, 2.45) is 0 Å². The van der Waals surface area contributed by atoms with Crippen LogP contribution in [0.1, 0.15) is 18.1 Å². The molecule has 0 aliphatic carbocycles. The predicted octanol–water partition coefficient (Wildman–Crippen LogP) is 5.67. The van der Waals surface area contributed by atoms with E-state index in [0.717, 1.165) is 18.2 Å². The molecule has 0 aliphatic heterocycles. The number of nitro groups is 2. The van der Waals surface area contributed by atoms with E-state index in [9.17, 15) is 35.4 Å². The van der Waals surface area contributed by atoms with Crippen LogP contribution in [0.3, 0.4) is 0 Å². The first-order chi connectivity index (χ1) is 18.7. The first-order valence-corrected chi connectivity index (χ1v) is 11.4. The summed E-state index contributed by atoms with van der Waals surface area (Å²) in [6, 6.07) is 13.7. The number of allylic oxidation sites excluding steroid dienone is 1. The summed E-state index contributed by atoms with van der Waals surface area (Å²) >= 11 is 0. The minimum absolute atomic E-state index is 0.0172. The lowest BCUT2D eigenvalue weighted by atomic mass is 10.0. The van der Waals surface area contributed by atoms with E-state index in [2.05, 4.69) is 11.9 Å². The molecule has 12 nitrogen and oxygen atoms in total. The Morgan fingerprint density at radius 1 is 1.10 bits per heavy atom. The monoisotopic (exact) mass is 530 g/mol. The molecule has 0 radical (unpaired) electrons. The number of nitro benzene ring substituents is 2. The van der Waals surface area contributed by atoms with Crippen LogP contribution in [0.15, 0.2) is 72.8 Å². The van der Waals surface area contributed by atoms with E-state index in [1.54, 1.807) is 19.1 Å². The van der Waals surface area contributed by atoms with Crippen LogP contribution in [0.2, 0.25) is 0 Å². The van der Waals surface area contributed by atoms with Crippen molar-refractivity contribution in [2.75, 3.05) is 11.9 Å². The maximum atomic E-state index is 12.7. The molecule has 0 heterocycles. The van der Waals surface area contributed by atoms with Gasteiger partial charge in [-0.15, -0.1) is 6.58 Å². The second-order valence-corrected chi connectivity index (χ2v) is 7.87. The molecule has 0 aliphatic rings. The number of nitrogens with zero attached hydrogens (tertiary/aromatic N) is 3. The van der Waals surface area contributed by atoms with Gasteiger partial charge in [0.1, 0.15) is 17.4 Å². The molecule has 0 unspecified atom stereocenters. The molecule has 0 bridgehead atoms. The van der Waals surface area contributed by atoms with Crippen molar-refractivity contribution < 1.29 is 29.2 Å². The molecule has 3 aromatic rings. The average molecular weight is 530 g/mol. The average Bonchev–Trinajstić information content (AvgIpc) is 2.90. The van der Waals surface area contributed by atoms with Crippen LogP contribution < -0.4 is 14.8 Å². The number of carbonyl (C=O) groups is 1. The van der Waals surface area contributed by atoms with Crippen molar-refractivity contribution in [2.45, 2.75) is 13.3 Å². The molecule has 2 N–H and O–H groups in total. The highest BCUT2D eigenvalue weighted by Gasteiger charge is 2.24. The zero-order valence-corrected chi connectivity index (χ0v) is 20.6. The van der Waals surface area contributed by atoms with Gasteiger partial charge in [0.15, 0.2) is 11.5 Å². The van der Waals surface area contributed by atoms with Gasteiger partial charge in [0.2, 0.25) is 5.75 Å². The summed E-state index contributed by atoms with van der Waals surface area (Å²) in [6.45, 7) is 5.61. The number of amides is 1. The fraction of sp³-hybridized carbons (Fsp3) is 0.111. The van der Waals surface area contributed by atoms with Gasteiger partial charge in [0.25, 0.3) is 11.6 Å². The van der Waals surface area contributed by atoms with Gasteiger partial charge in [0.05, 0.1) is 22.5 Å². The molecule has 12 heteroatoms. The Bertz CT molecular complexity index is 1510. The zero-order valence-electron chi connectivity index (χ0n) is 20.6. The molecule has 0 atom stereocenters. The van der Waals surface area contributed by atoms with Gasteiger partial charge in [0, 0.05) is 17.3 Å². The van der Waals surface area contributed by atoms with Crippen LogP contribution in [0, 0.1) is 31.6 Å². The maximum Gasteiger partial charge on any atom is 0.318 e. The largest absolute Gasteiger partial charge is 0.508 e. The normalized spacial score (nSPS) is 10.7. The zero-order chi connectivity index (χ0) is 28.5. The first-order valence-electron chi connectivity index (χ1n) is 11.4. The Labute approximate surface area is 222 Å². The number of hydrogen-bond donors (Lipinski definition) is 2. The number of anilines is 1. The number of carbonyl (C=O) groups excluding carboxylic acids is 1. The first kappa shape index (κ1) is 27.9. The number of non-ortho nitro benzene ring substituents is 1. The predicted molar refractivity (Wildman–Crippen MR) is 142 cm³/mol. The van der Waals surface area contributed by atoms with Gasteiger partial charge in [-0.3, -0.25) is 25.0 Å². The third-order valence-corrected chi connectivity index (χ3v) is 5.18. The molecular weight excluding hydrogens is 508 g/mol. The highest BCUT2D eigenvalue weighted by Crippen LogP contribution is 2.41. The van der Waals surface area contributed by atoms with Crippen molar-refractivity contribution in [3.8, 4) is 29.1 Å². The number of hydrogen-bond acceptors (Lipinski definition) is 9. The van der Waals surface area contributed by atoms with E-state index in [0.29, 0.717) is 16.8 Å². The Kier molecular flexibility index (Phi) is 8.94. The summed E-state index contributed by atoms with van der Waals surface area (Å²) in [5.74, 6) is -0.645. The summed E-state index contributed by atoms with van der Waals surface area (Å²) in [4.78, 5) is 33.8. The molecule has 3 aromatic carbocycles. The maximum absolute atomic E-state index is 12.7. The van der Waals surface area contributed by atoms with Gasteiger partial charge in [-0.25, -0.2) is 0 Å². The van der Waals surface area contributed by atoms with Gasteiger partial charge in [-0.2, -0.15) is 5.26 Å². The fourth-order valence-electron chi connectivity index (χ4n) is 3.47. The van der Waals surface area contributed by atoms with E-state index in [1.165, 1.54) is 36.4 Å². The number of phenolic OH excluding ortho intramolecular Hbond substituents is 1. The van der Waals surface area contributed by atoms with Crippen molar-refractivity contribution in [3.05, 3.63) is 104 Å². The van der Waals surface area contributed by atoms with Crippen molar-refractivity contribution in [3.63, 3.8) is 0 Å². The molecule has 3 rings (SSSR count). The summed E-state index contributed by atoms with van der Waals surface area (Å²) in [6.07, 6.45) is 3.11. The molecule has 1 amide bonds. The summed E-state index contributed by atoms with van der Waals surface area (Å²) in [7, 11) is 0. The van der Waals surface area contributed by atoms with Gasteiger partial charge >= 0.3 is 5.69 Å². The smallest absolute Gasteiger partial charge is 0.318 e. The Hall–Kier alpha value is -5.70.